The second kappa shape index (κ2) is 9.23. The van der Waals surface area contributed by atoms with Crippen molar-refractivity contribution in [2.24, 2.45) is 0 Å². The molecule has 134 valence electrons. The van der Waals surface area contributed by atoms with Crippen molar-refractivity contribution in [3.05, 3.63) is 64.7 Å². The van der Waals surface area contributed by atoms with Gasteiger partial charge < -0.3 is 9.64 Å². The maximum atomic E-state index is 6.30. The standard InChI is InChI=1S/C21H27ClN2O/c1-25-21-10-9-19(15-20(21)22)17-24(14-13-23-11-5-6-12-23)16-18-7-3-2-4-8-18/h2-4,7-10,15H,5-6,11-14,16-17H2,1H3. The van der Waals surface area contributed by atoms with Crippen LogP contribution in [0.5, 0.6) is 5.75 Å². The Morgan fingerprint density at radius 3 is 2.40 bits per heavy atom. The van der Waals surface area contributed by atoms with Gasteiger partial charge in [0.2, 0.25) is 0 Å². The average molecular weight is 359 g/mol. The smallest absolute Gasteiger partial charge is 0.137 e. The first-order valence-corrected chi connectivity index (χ1v) is 9.43. The quantitative estimate of drug-likeness (QED) is 0.693. The van der Waals surface area contributed by atoms with Gasteiger partial charge in [0.15, 0.2) is 0 Å². The van der Waals surface area contributed by atoms with Crippen molar-refractivity contribution in [2.75, 3.05) is 33.3 Å². The molecule has 0 aromatic heterocycles. The summed E-state index contributed by atoms with van der Waals surface area (Å²) in [7, 11) is 1.65. The van der Waals surface area contributed by atoms with E-state index in [0.29, 0.717) is 5.02 Å². The van der Waals surface area contributed by atoms with Crippen molar-refractivity contribution in [3.8, 4) is 5.75 Å². The van der Waals surface area contributed by atoms with Gasteiger partial charge in [-0.3, -0.25) is 4.90 Å². The molecule has 0 spiro atoms. The number of halogens is 1. The molecule has 25 heavy (non-hydrogen) atoms. The minimum absolute atomic E-state index is 0.680. The molecule has 0 N–H and O–H groups in total. The Morgan fingerprint density at radius 1 is 1.00 bits per heavy atom. The molecule has 0 unspecified atom stereocenters. The summed E-state index contributed by atoms with van der Waals surface area (Å²) < 4.78 is 5.26. The van der Waals surface area contributed by atoms with E-state index >= 15 is 0 Å². The van der Waals surface area contributed by atoms with Crippen LogP contribution in [0.4, 0.5) is 0 Å². The van der Waals surface area contributed by atoms with Crippen molar-refractivity contribution < 1.29 is 4.74 Å². The Hall–Kier alpha value is -1.55. The van der Waals surface area contributed by atoms with Crippen molar-refractivity contribution in [3.63, 3.8) is 0 Å². The van der Waals surface area contributed by atoms with Gasteiger partial charge in [-0.2, -0.15) is 0 Å². The molecule has 2 aromatic carbocycles. The molecule has 0 amide bonds. The van der Waals surface area contributed by atoms with Crippen LogP contribution in [0.1, 0.15) is 24.0 Å². The molecule has 1 fully saturated rings. The Morgan fingerprint density at radius 2 is 1.72 bits per heavy atom. The SMILES string of the molecule is COc1ccc(CN(CCN2CCCC2)Cc2ccccc2)cc1Cl. The van der Waals surface area contributed by atoms with Crippen LogP contribution in [-0.4, -0.2) is 43.1 Å². The fourth-order valence-electron chi connectivity index (χ4n) is 3.41. The van der Waals surface area contributed by atoms with Crippen molar-refractivity contribution >= 4 is 11.6 Å². The zero-order chi connectivity index (χ0) is 17.5. The van der Waals surface area contributed by atoms with Crippen LogP contribution in [0.3, 0.4) is 0 Å². The van der Waals surface area contributed by atoms with E-state index in [0.717, 1.165) is 31.9 Å². The van der Waals surface area contributed by atoms with Crippen molar-refractivity contribution in [2.45, 2.75) is 25.9 Å². The summed E-state index contributed by atoms with van der Waals surface area (Å²) in [6.45, 7) is 6.54. The minimum Gasteiger partial charge on any atom is -0.495 e. The highest BCUT2D eigenvalue weighted by Crippen LogP contribution is 2.25. The van der Waals surface area contributed by atoms with Gasteiger partial charge in [-0.05, 0) is 49.2 Å². The van der Waals surface area contributed by atoms with E-state index in [2.05, 4.69) is 46.2 Å². The van der Waals surface area contributed by atoms with Crippen LogP contribution in [0.2, 0.25) is 5.02 Å². The first-order chi connectivity index (χ1) is 12.2. The molecule has 1 aliphatic heterocycles. The molecule has 4 heteroatoms. The fourth-order valence-corrected chi connectivity index (χ4v) is 3.69. The molecule has 2 aromatic rings. The van der Waals surface area contributed by atoms with Gasteiger partial charge >= 0.3 is 0 Å². The summed E-state index contributed by atoms with van der Waals surface area (Å²) in [4.78, 5) is 5.07. The maximum absolute atomic E-state index is 6.30. The summed E-state index contributed by atoms with van der Waals surface area (Å²) in [5.41, 5.74) is 2.58. The lowest BCUT2D eigenvalue weighted by molar-refractivity contribution is 0.212. The number of rotatable bonds is 8. The number of benzene rings is 2. The lowest BCUT2D eigenvalue weighted by Gasteiger charge is -2.25. The van der Waals surface area contributed by atoms with Crippen LogP contribution >= 0.6 is 11.6 Å². The first kappa shape index (κ1) is 18.2. The third-order valence-electron chi connectivity index (χ3n) is 4.80. The third-order valence-corrected chi connectivity index (χ3v) is 5.10. The zero-order valence-corrected chi connectivity index (χ0v) is 15.7. The molecule has 1 heterocycles. The summed E-state index contributed by atoms with van der Waals surface area (Å²) in [5, 5.41) is 0.680. The molecule has 0 bridgehead atoms. The summed E-state index contributed by atoms with van der Waals surface area (Å²) in [6, 6.07) is 16.8. The van der Waals surface area contributed by atoms with E-state index < -0.39 is 0 Å². The lowest BCUT2D eigenvalue weighted by Crippen LogP contribution is -2.33. The highest BCUT2D eigenvalue weighted by atomic mass is 35.5. The van der Waals surface area contributed by atoms with Gasteiger partial charge in [0.1, 0.15) is 5.75 Å². The number of hydrogen-bond donors (Lipinski definition) is 0. The molecule has 0 saturated carbocycles. The lowest BCUT2D eigenvalue weighted by atomic mass is 10.1. The van der Waals surface area contributed by atoms with Crippen molar-refractivity contribution in [1.29, 1.82) is 0 Å². The van der Waals surface area contributed by atoms with Gasteiger partial charge in [0.05, 0.1) is 12.1 Å². The predicted molar refractivity (Wildman–Crippen MR) is 104 cm³/mol. The number of ether oxygens (including phenoxy) is 1. The molecule has 1 saturated heterocycles. The van der Waals surface area contributed by atoms with E-state index in [4.69, 9.17) is 16.3 Å². The Balaban J connectivity index is 1.67. The van der Waals surface area contributed by atoms with Gasteiger partial charge in [-0.25, -0.2) is 0 Å². The van der Waals surface area contributed by atoms with Crippen LogP contribution in [-0.2, 0) is 13.1 Å². The van der Waals surface area contributed by atoms with Gasteiger partial charge in [0.25, 0.3) is 0 Å². The summed E-state index contributed by atoms with van der Waals surface area (Å²) in [5.74, 6) is 0.733. The van der Waals surface area contributed by atoms with E-state index in [9.17, 15) is 0 Å². The summed E-state index contributed by atoms with van der Waals surface area (Å²) >= 11 is 6.30. The maximum Gasteiger partial charge on any atom is 0.137 e. The Bertz CT molecular complexity index is 656. The molecule has 0 aliphatic carbocycles. The fraction of sp³-hybridized carbons (Fsp3) is 0.429. The second-order valence-electron chi connectivity index (χ2n) is 6.71. The van der Waals surface area contributed by atoms with Gasteiger partial charge in [-0.1, -0.05) is 48.0 Å². The van der Waals surface area contributed by atoms with E-state index in [-0.39, 0.29) is 0 Å². The number of hydrogen-bond acceptors (Lipinski definition) is 3. The minimum atomic E-state index is 0.680. The van der Waals surface area contributed by atoms with Crippen LogP contribution in [0, 0.1) is 0 Å². The summed E-state index contributed by atoms with van der Waals surface area (Å²) in [6.07, 6.45) is 2.68. The number of nitrogens with zero attached hydrogens (tertiary/aromatic N) is 2. The molecule has 0 atom stereocenters. The van der Waals surface area contributed by atoms with Crippen molar-refractivity contribution in [1.82, 2.24) is 9.80 Å². The Kier molecular flexibility index (Phi) is 6.74. The Labute approximate surface area is 156 Å². The van der Waals surface area contributed by atoms with Gasteiger partial charge in [0, 0.05) is 26.2 Å². The van der Waals surface area contributed by atoms with E-state index in [1.807, 2.05) is 12.1 Å². The average Bonchev–Trinajstić information content (AvgIpc) is 3.14. The molecule has 3 nitrogen and oxygen atoms in total. The molecule has 1 aliphatic rings. The normalized spacial score (nSPS) is 15.0. The van der Waals surface area contributed by atoms with Crippen LogP contribution in [0.15, 0.2) is 48.5 Å². The van der Waals surface area contributed by atoms with E-state index in [1.165, 1.54) is 37.1 Å². The molecular formula is C21H27ClN2O. The molecule has 3 rings (SSSR count). The first-order valence-electron chi connectivity index (χ1n) is 9.05. The van der Waals surface area contributed by atoms with Crippen LogP contribution in [0.25, 0.3) is 0 Å². The predicted octanol–water partition coefficient (Wildman–Crippen LogP) is 4.45. The highest BCUT2D eigenvalue weighted by molar-refractivity contribution is 6.32. The topological polar surface area (TPSA) is 15.7 Å². The largest absolute Gasteiger partial charge is 0.495 e. The third kappa shape index (κ3) is 5.46. The molecular weight excluding hydrogens is 332 g/mol. The zero-order valence-electron chi connectivity index (χ0n) is 15.0. The van der Waals surface area contributed by atoms with Crippen LogP contribution < -0.4 is 4.74 Å². The second-order valence-corrected chi connectivity index (χ2v) is 7.12. The monoisotopic (exact) mass is 358 g/mol. The number of methoxy groups -OCH3 is 1. The van der Waals surface area contributed by atoms with Gasteiger partial charge in [-0.15, -0.1) is 0 Å². The highest BCUT2D eigenvalue weighted by Gasteiger charge is 2.14. The molecule has 0 radical (unpaired) electrons. The number of likely N-dealkylation sites (tertiary alicyclic amines) is 1. The van der Waals surface area contributed by atoms with E-state index in [1.54, 1.807) is 7.11 Å².